The monoisotopic (exact) mass is 287 g/mol. The summed E-state index contributed by atoms with van der Waals surface area (Å²) in [7, 11) is 0. The van der Waals surface area contributed by atoms with E-state index in [0.717, 1.165) is 18.2 Å². The van der Waals surface area contributed by atoms with E-state index >= 15 is 0 Å². The van der Waals surface area contributed by atoms with Crippen LogP contribution in [-0.4, -0.2) is 28.9 Å². The summed E-state index contributed by atoms with van der Waals surface area (Å²) in [4.78, 5) is 21.8. The highest BCUT2D eigenvalue weighted by atomic mass is 32.2. The van der Waals surface area contributed by atoms with E-state index < -0.39 is 22.7 Å². The molecule has 0 spiro atoms. The molecule has 104 valence electrons. The Bertz CT molecular complexity index is 484. The van der Waals surface area contributed by atoms with Gasteiger partial charge in [0.05, 0.1) is 11.0 Å². The largest absolute Gasteiger partial charge is 0.320 e. The molecule has 1 rings (SSSR count). The Morgan fingerprint density at radius 1 is 1.63 bits per heavy atom. The Labute approximate surface area is 113 Å². The van der Waals surface area contributed by atoms with Crippen molar-refractivity contribution in [2.45, 2.75) is 12.5 Å². The fourth-order valence-electron chi connectivity index (χ4n) is 1.37. The zero-order chi connectivity index (χ0) is 14.4. The highest BCUT2D eigenvalue weighted by Gasteiger charge is 2.19. The van der Waals surface area contributed by atoms with Crippen LogP contribution >= 0.6 is 11.8 Å². The average Bonchev–Trinajstić information content (AvgIpc) is 2.35. The maximum atomic E-state index is 13.1. The van der Waals surface area contributed by atoms with Crippen LogP contribution < -0.4 is 11.1 Å². The Hall–Kier alpha value is -1.67. The first kappa shape index (κ1) is 15.4. The Morgan fingerprint density at radius 3 is 2.89 bits per heavy atom. The number of nitro groups is 1. The van der Waals surface area contributed by atoms with E-state index in [2.05, 4.69) is 5.32 Å². The van der Waals surface area contributed by atoms with E-state index in [9.17, 15) is 19.3 Å². The van der Waals surface area contributed by atoms with E-state index in [0.29, 0.717) is 12.2 Å². The summed E-state index contributed by atoms with van der Waals surface area (Å²) in [5, 5.41) is 13.0. The third-order valence-electron chi connectivity index (χ3n) is 2.38. The van der Waals surface area contributed by atoms with Gasteiger partial charge in [-0.25, -0.2) is 4.39 Å². The number of nitrogens with zero attached hydrogens (tertiary/aromatic N) is 1. The van der Waals surface area contributed by atoms with Crippen molar-refractivity contribution in [2.24, 2.45) is 5.73 Å². The van der Waals surface area contributed by atoms with Crippen molar-refractivity contribution in [3.05, 3.63) is 34.1 Å². The highest BCUT2D eigenvalue weighted by molar-refractivity contribution is 7.98. The first-order valence-corrected chi connectivity index (χ1v) is 6.84. The third-order valence-corrected chi connectivity index (χ3v) is 3.03. The van der Waals surface area contributed by atoms with Gasteiger partial charge >= 0.3 is 0 Å². The van der Waals surface area contributed by atoms with Gasteiger partial charge in [-0.15, -0.1) is 0 Å². The van der Waals surface area contributed by atoms with Crippen LogP contribution in [0.25, 0.3) is 0 Å². The lowest BCUT2D eigenvalue weighted by atomic mass is 10.2. The average molecular weight is 287 g/mol. The van der Waals surface area contributed by atoms with Crippen molar-refractivity contribution < 1.29 is 14.1 Å². The van der Waals surface area contributed by atoms with Gasteiger partial charge in [0, 0.05) is 12.1 Å². The van der Waals surface area contributed by atoms with Crippen LogP contribution in [0.3, 0.4) is 0 Å². The molecule has 1 aromatic carbocycles. The van der Waals surface area contributed by atoms with Crippen molar-refractivity contribution in [1.82, 2.24) is 0 Å². The van der Waals surface area contributed by atoms with Crippen LogP contribution in [0.2, 0.25) is 0 Å². The second-order valence-corrected chi connectivity index (χ2v) is 4.78. The second-order valence-electron chi connectivity index (χ2n) is 3.80. The Balaban J connectivity index is 2.83. The number of nitro benzene ring substituents is 1. The number of carbonyl (C=O) groups excluding carboxylic acids is 1. The van der Waals surface area contributed by atoms with Gasteiger partial charge in [0.1, 0.15) is 11.5 Å². The molecule has 19 heavy (non-hydrogen) atoms. The van der Waals surface area contributed by atoms with Crippen LogP contribution in [0.15, 0.2) is 18.2 Å². The standard InChI is InChI=1S/C11H14FN3O3S/c1-19-5-4-8(13)11(16)14-9-6-7(12)2-3-10(9)15(17)18/h2-3,6,8H,4-5,13H2,1H3,(H,14,16)/t8-/m0/s1. The van der Waals surface area contributed by atoms with E-state index in [-0.39, 0.29) is 11.4 Å². The topological polar surface area (TPSA) is 98.3 Å². The molecule has 0 bridgehead atoms. The normalized spacial score (nSPS) is 11.9. The van der Waals surface area contributed by atoms with E-state index in [4.69, 9.17) is 5.73 Å². The molecule has 0 radical (unpaired) electrons. The molecule has 0 aromatic heterocycles. The molecule has 0 saturated carbocycles. The minimum absolute atomic E-state index is 0.186. The number of nitrogens with one attached hydrogen (secondary N) is 1. The first-order valence-electron chi connectivity index (χ1n) is 5.45. The summed E-state index contributed by atoms with van der Waals surface area (Å²) in [6.07, 6.45) is 2.32. The number of halogens is 1. The maximum absolute atomic E-state index is 13.1. The zero-order valence-electron chi connectivity index (χ0n) is 10.3. The molecule has 0 aliphatic rings. The van der Waals surface area contributed by atoms with Crippen LogP contribution in [0, 0.1) is 15.9 Å². The van der Waals surface area contributed by atoms with Crippen molar-refractivity contribution in [1.29, 1.82) is 0 Å². The van der Waals surface area contributed by atoms with E-state index in [1.165, 1.54) is 11.8 Å². The van der Waals surface area contributed by atoms with Crippen LogP contribution in [0.4, 0.5) is 15.8 Å². The number of carbonyl (C=O) groups is 1. The number of amides is 1. The molecule has 0 fully saturated rings. The Morgan fingerprint density at radius 2 is 2.32 bits per heavy atom. The van der Waals surface area contributed by atoms with E-state index in [1.807, 2.05) is 6.26 Å². The lowest BCUT2D eigenvalue weighted by Crippen LogP contribution is -2.36. The molecule has 1 atom stereocenters. The van der Waals surface area contributed by atoms with Gasteiger partial charge in [-0.05, 0) is 24.5 Å². The summed E-state index contributed by atoms with van der Waals surface area (Å²) in [6, 6.07) is 2.08. The molecule has 0 aliphatic heterocycles. The SMILES string of the molecule is CSCC[C@H](N)C(=O)Nc1cc(F)ccc1[N+](=O)[O-]. The Kier molecular flexibility index (Phi) is 5.71. The molecule has 0 unspecified atom stereocenters. The van der Waals surface area contributed by atoms with Gasteiger partial charge in [0.15, 0.2) is 0 Å². The zero-order valence-corrected chi connectivity index (χ0v) is 11.1. The van der Waals surface area contributed by atoms with Crippen LogP contribution in [0.1, 0.15) is 6.42 Å². The highest BCUT2D eigenvalue weighted by Crippen LogP contribution is 2.25. The number of hydrogen-bond donors (Lipinski definition) is 2. The first-order chi connectivity index (χ1) is 8.95. The lowest BCUT2D eigenvalue weighted by molar-refractivity contribution is -0.384. The molecule has 1 amide bonds. The molecule has 0 heterocycles. The van der Waals surface area contributed by atoms with Gasteiger partial charge in [0.25, 0.3) is 5.69 Å². The predicted octanol–water partition coefficient (Wildman–Crippen LogP) is 1.75. The second kappa shape index (κ2) is 7.05. The number of anilines is 1. The predicted molar refractivity (Wildman–Crippen MR) is 72.7 cm³/mol. The molecule has 3 N–H and O–H groups in total. The van der Waals surface area contributed by atoms with Gasteiger partial charge in [-0.2, -0.15) is 11.8 Å². The van der Waals surface area contributed by atoms with Crippen molar-refractivity contribution >= 4 is 29.0 Å². The fraction of sp³-hybridized carbons (Fsp3) is 0.364. The molecule has 8 heteroatoms. The lowest BCUT2D eigenvalue weighted by Gasteiger charge is -2.11. The van der Waals surface area contributed by atoms with Crippen molar-refractivity contribution in [2.75, 3.05) is 17.3 Å². The molecular weight excluding hydrogens is 273 g/mol. The summed E-state index contributed by atoms with van der Waals surface area (Å²) < 4.78 is 13.1. The van der Waals surface area contributed by atoms with Gasteiger partial charge in [-0.1, -0.05) is 0 Å². The molecule has 6 nitrogen and oxygen atoms in total. The van der Waals surface area contributed by atoms with Gasteiger partial charge in [0.2, 0.25) is 5.91 Å². The van der Waals surface area contributed by atoms with Crippen molar-refractivity contribution in [3.8, 4) is 0 Å². The summed E-state index contributed by atoms with van der Waals surface area (Å²) in [5.41, 5.74) is 5.07. The van der Waals surface area contributed by atoms with E-state index in [1.54, 1.807) is 0 Å². The smallest absolute Gasteiger partial charge is 0.292 e. The quantitative estimate of drug-likeness (QED) is 0.613. The number of benzene rings is 1. The van der Waals surface area contributed by atoms with Crippen molar-refractivity contribution in [3.63, 3.8) is 0 Å². The number of thioether (sulfide) groups is 1. The summed E-state index contributed by atoms with van der Waals surface area (Å²) in [5.74, 6) is -0.541. The summed E-state index contributed by atoms with van der Waals surface area (Å²) >= 11 is 1.54. The third kappa shape index (κ3) is 4.49. The number of hydrogen-bond acceptors (Lipinski definition) is 5. The van der Waals surface area contributed by atoms with Crippen LogP contribution in [0.5, 0.6) is 0 Å². The fourth-order valence-corrected chi connectivity index (χ4v) is 1.86. The van der Waals surface area contributed by atoms with Gasteiger partial charge < -0.3 is 11.1 Å². The summed E-state index contributed by atoms with van der Waals surface area (Å²) in [6.45, 7) is 0. The maximum Gasteiger partial charge on any atom is 0.292 e. The van der Waals surface area contributed by atoms with Crippen LogP contribution in [-0.2, 0) is 4.79 Å². The number of nitrogens with two attached hydrogens (primary N) is 1. The van der Waals surface area contributed by atoms with Gasteiger partial charge in [-0.3, -0.25) is 14.9 Å². The minimum atomic E-state index is -0.782. The molecular formula is C11H14FN3O3S. The molecule has 0 aliphatic carbocycles. The minimum Gasteiger partial charge on any atom is -0.320 e. The molecule has 0 saturated heterocycles. The number of rotatable bonds is 6. The molecule has 1 aromatic rings.